The summed E-state index contributed by atoms with van der Waals surface area (Å²) in [5.41, 5.74) is 8.84. The van der Waals surface area contributed by atoms with E-state index in [0.717, 1.165) is 35.6 Å². The third-order valence-electron chi connectivity index (χ3n) is 3.30. The molecule has 0 aliphatic heterocycles. The molecule has 2 aromatic rings. The van der Waals surface area contributed by atoms with Crippen LogP contribution in [0.4, 0.5) is 5.69 Å². The van der Waals surface area contributed by atoms with E-state index >= 15 is 0 Å². The summed E-state index contributed by atoms with van der Waals surface area (Å²) in [6, 6.07) is 13.9. The highest BCUT2D eigenvalue weighted by Gasteiger charge is 2.00. The number of nitrogen functional groups attached to an aromatic ring is 1. The SMILES string of the molecule is Cc1ccc(OCCCCOc2cc(N)ccc2C)cc1. The standard InChI is InChI=1S/C18H23NO2/c1-14-5-9-17(10-6-14)20-11-3-4-12-21-18-13-16(19)8-7-15(18)2/h5-10,13H,3-4,11-12,19H2,1-2H3. The van der Waals surface area contributed by atoms with Gasteiger partial charge in [-0.15, -0.1) is 0 Å². The highest BCUT2D eigenvalue weighted by atomic mass is 16.5. The maximum absolute atomic E-state index is 5.75. The zero-order chi connectivity index (χ0) is 15.1. The fourth-order valence-electron chi connectivity index (χ4n) is 1.98. The van der Waals surface area contributed by atoms with Crippen LogP contribution in [0.15, 0.2) is 42.5 Å². The molecule has 0 amide bonds. The second-order valence-electron chi connectivity index (χ2n) is 5.24. The molecule has 0 bridgehead atoms. The lowest BCUT2D eigenvalue weighted by Crippen LogP contribution is -2.03. The molecule has 2 aromatic carbocycles. The largest absolute Gasteiger partial charge is 0.494 e. The predicted octanol–water partition coefficient (Wildman–Crippen LogP) is 4.12. The molecule has 2 rings (SSSR count). The molecule has 0 aliphatic carbocycles. The van der Waals surface area contributed by atoms with Crippen LogP contribution in [0.25, 0.3) is 0 Å². The summed E-state index contributed by atoms with van der Waals surface area (Å²) in [4.78, 5) is 0. The van der Waals surface area contributed by atoms with E-state index in [1.165, 1.54) is 5.56 Å². The van der Waals surface area contributed by atoms with Gasteiger partial charge in [-0.05, 0) is 50.5 Å². The lowest BCUT2D eigenvalue weighted by Gasteiger charge is -2.10. The van der Waals surface area contributed by atoms with Gasteiger partial charge in [-0.2, -0.15) is 0 Å². The van der Waals surface area contributed by atoms with Crippen LogP contribution in [-0.4, -0.2) is 13.2 Å². The number of benzene rings is 2. The highest BCUT2D eigenvalue weighted by molar-refractivity contribution is 5.47. The molecule has 0 radical (unpaired) electrons. The minimum atomic E-state index is 0.682. The lowest BCUT2D eigenvalue weighted by atomic mass is 10.2. The Bertz CT molecular complexity index is 564. The monoisotopic (exact) mass is 285 g/mol. The quantitative estimate of drug-likeness (QED) is 0.614. The summed E-state index contributed by atoms with van der Waals surface area (Å²) in [6.07, 6.45) is 1.93. The minimum Gasteiger partial charge on any atom is -0.494 e. The van der Waals surface area contributed by atoms with Crippen molar-refractivity contribution in [3.05, 3.63) is 53.6 Å². The van der Waals surface area contributed by atoms with Crippen molar-refractivity contribution >= 4 is 5.69 Å². The van der Waals surface area contributed by atoms with Crippen LogP contribution in [0, 0.1) is 13.8 Å². The Morgan fingerprint density at radius 2 is 1.52 bits per heavy atom. The molecule has 2 N–H and O–H groups in total. The first-order chi connectivity index (χ1) is 10.1. The zero-order valence-corrected chi connectivity index (χ0v) is 12.8. The molecule has 3 heteroatoms. The molecule has 0 aromatic heterocycles. The first-order valence-electron chi connectivity index (χ1n) is 7.33. The Labute approximate surface area is 126 Å². The molecule has 0 saturated heterocycles. The van der Waals surface area contributed by atoms with E-state index in [1.54, 1.807) is 0 Å². The lowest BCUT2D eigenvalue weighted by molar-refractivity contribution is 0.265. The molecule has 0 unspecified atom stereocenters. The van der Waals surface area contributed by atoms with E-state index in [1.807, 2.05) is 37.3 Å². The van der Waals surface area contributed by atoms with Crippen molar-refractivity contribution in [1.82, 2.24) is 0 Å². The van der Waals surface area contributed by atoms with E-state index in [9.17, 15) is 0 Å². The Morgan fingerprint density at radius 3 is 2.24 bits per heavy atom. The number of unbranched alkanes of at least 4 members (excludes halogenated alkanes) is 1. The van der Waals surface area contributed by atoms with Crippen LogP contribution in [0.5, 0.6) is 11.5 Å². The van der Waals surface area contributed by atoms with Gasteiger partial charge in [0.15, 0.2) is 0 Å². The number of hydrogen-bond donors (Lipinski definition) is 1. The maximum atomic E-state index is 5.75. The summed E-state index contributed by atoms with van der Waals surface area (Å²) in [6.45, 7) is 5.48. The van der Waals surface area contributed by atoms with Crippen LogP contribution >= 0.6 is 0 Å². The van der Waals surface area contributed by atoms with Crippen molar-refractivity contribution in [2.24, 2.45) is 0 Å². The fourth-order valence-corrected chi connectivity index (χ4v) is 1.98. The molecule has 0 heterocycles. The number of nitrogens with two attached hydrogens (primary N) is 1. The fraction of sp³-hybridized carbons (Fsp3) is 0.333. The Balaban J connectivity index is 1.64. The van der Waals surface area contributed by atoms with Crippen LogP contribution in [0.1, 0.15) is 24.0 Å². The van der Waals surface area contributed by atoms with Gasteiger partial charge in [-0.1, -0.05) is 23.8 Å². The zero-order valence-electron chi connectivity index (χ0n) is 12.8. The van der Waals surface area contributed by atoms with E-state index < -0.39 is 0 Å². The average Bonchev–Trinajstić information content (AvgIpc) is 2.48. The van der Waals surface area contributed by atoms with Crippen LogP contribution in [0.2, 0.25) is 0 Å². The molecule has 0 aliphatic rings. The van der Waals surface area contributed by atoms with Crippen molar-refractivity contribution in [2.75, 3.05) is 18.9 Å². The van der Waals surface area contributed by atoms with Gasteiger partial charge in [0.1, 0.15) is 11.5 Å². The Morgan fingerprint density at radius 1 is 0.857 bits per heavy atom. The molecule has 0 spiro atoms. The van der Waals surface area contributed by atoms with Crippen molar-refractivity contribution in [3.8, 4) is 11.5 Å². The molecule has 21 heavy (non-hydrogen) atoms. The van der Waals surface area contributed by atoms with Crippen molar-refractivity contribution in [2.45, 2.75) is 26.7 Å². The molecular weight excluding hydrogens is 262 g/mol. The smallest absolute Gasteiger partial charge is 0.124 e. The third kappa shape index (κ3) is 5.03. The van der Waals surface area contributed by atoms with Gasteiger partial charge in [-0.25, -0.2) is 0 Å². The van der Waals surface area contributed by atoms with Crippen molar-refractivity contribution in [1.29, 1.82) is 0 Å². The molecule has 3 nitrogen and oxygen atoms in total. The Kier molecular flexibility index (Phi) is 5.50. The van der Waals surface area contributed by atoms with Crippen molar-refractivity contribution in [3.63, 3.8) is 0 Å². The average molecular weight is 285 g/mol. The number of hydrogen-bond acceptors (Lipinski definition) is 3. The summed E-state index contributed by atoms with van der Waals surface area (Å²) in [5.74, 6) is 1.79. The molecule has 0 fully saturated rings. The Hall–Kier alpha value is -2.16. The van der Waals surface area contributed by atoms with E-state index in [-0.39, 0.29) is 0 Å². The van der Waals surface area contributed by atoms with E-state index in [4.69, 9.17) is 15.2 Å². The summed E-state index contributed by atoms with van der Waals surface area (Å²) in [5, 5.41) is 0. The third-order valence-corrected chi connectivity index (χ3v) is 3.30. The topological polar surface area (TPSA) is 44.5 Å². The first kappa shape index (κ1) is 15.2. The van der Waals surface area contributed by atoms with Gasteiger partial charge in [0.2, 0.25) is 0 Å². The predicted molar refractivity (Wildman–Crippen MR) is 87.0 cm³/mol. The van der Waals surface area contributed by atoms with E-state index in [2.05, 4.69) is 19.1 Å². The second kappa shape index (κ2) is 7.58. The van der Waals surface area contributed by atoms with Gasteiger partial charge < -0.3 is 15.2 Å². The summed E-state index contributed by atoms with van der Waals surface area (Å²) < 4.78 is 11.4. The highest BCUT2D eigenvalue weighted by Crippen LogP contribution is 2.21. The number of ether oxygens (including phenoxy) is 2. The van der Waals surface area contributed by atoms with Gasteiger partial charge in [0, 0.05) is 11.8 Å². The minimum absolute atomic E-state index is 0.682. The van der Waals surface area contributed by atoms with Gasteiger partial charge in [0.05, 0.1) is 13.2 Å². The summed E-state index contributed by atoms with van der Waals surface area (Å²) >= 11 is 0. The van der Waals surface area contributed by atoms with Crippen molar-refractivity contribution < 1.29 is 9.47 Å². The van der Waals surface area contributed by atoms with E-state index in [0.29, 0.717) is 13.2 Å². The van der Waals surface area contributed by atoms with Gasteiger partial charge in [0.25, 0.3) is 0 Å². The first-order valence-corrected chi connectivity index (χ1v) is 7.33. The van der Waals surface area contributed by atoms with Gasteiger partial charge in [-0.3, -0.25) is 0 Å². The number of anilines is 1. The summed E-state index contributed by atoms with van der Waals surface area (Å²) in [7, 11) is 0. The molecular formula is C18H23NO2. The van der Waals surface area contributed by atoms with Crippen LogP contribution in [-0.2, 0) is 0 Å². The molecule has 0 saturated carbocycles. The molecule has 112 valence electrons. The van der Waals surface area contributed by atoms with Gasteiger partial charge >= 0.3 is 0 Å². The maximum Gasteiger partial charge on any atom is 0.124 e. The number of aryl methyl sites for hydroxylation is 2. The second-order valence-corrected chi connectivity index (χ2v) is 5.24. The normalized spacial score (nSPS) is 10.4. The molecule has 0 atom stereocenters. The van der Waals surface area contributed by atoms with Crippen LogP contribution in [0.3, 0.4) is 0 Å². The number of rotatable bonds is 7. The van der Waals surface area contributed by atoms with Crippen LogP contribution < -0.4 is 15.2 Å².